The van der Waals surface area contributed by atoms with Gasteiger partial charge in [-0.15, -0.1) is 0 Å². The summed E-state index contributed by atoms with van der Waals surface area (Å²) in [6.45, 7) is 29.3. The first kappa shape index (κ1) is 33.5. The van der Waals surface area contributed by atoms with Crippen molar-refractivity contribution in [1.29, 1.82) is 0 Å². The molecule has 0 aliphatic heterocycles. The van der Waals surface area contributed by atoms with E-state index in [-0.39, 0.29) is 10.8 Å². The fraction of sp³-hybridized carbons (Fsp3) is 0.514. The lowest BCUT2D eigenvalue weighted by atomic mass is 9.75. The standard InChI is InChI=1S/C16H26.C11H16O.C10H14/c1-11(2)13-9-8-10-14(12(3)4)15(13)16(5,6)7;1-11(2,3)9-7-5-6-8-10(9)12-4;1-10(2,3)9-7-5-4-6-8-9/h8-12H,1-7H3;5-8H,1-4H3;4-8H,1-3H3. The normalized spacial score (nSPS) is 11.9. The molecule has 0 saturated carbocycles. The molecule has 0 radical (unpaired) electrons. The van der Waals surface area contributed by atoms with Crippen LogP contribution in [0.5, 0.6) is 5.75 Å². The Morgan fingerprint density at radius 1 is 0.500 bits per heavy atom. The average Bonchev–Trinajstić information content (AvgIpc) is 2.83. The summed E-state index contributed by atoms with van der Waals surface area (Å²) in [5, 5.41) is 0. The Hall–Kier alpha value is -2.54. The van der Waals surface area contributed by atoms with Crippen molar-refractivity contribution >= 4 is 0 Å². The molecule has 0 N–H and O–H groups in total. The summed E-state index contributed by atoms with van der Waals surface area (Å²) in [6, 6.07) is 25.5. The highest BCUT2D eigenvalue weighted by Crippen LogP contribution is 2.36. The summed E-state index contributed by atoms with van der Waals surface area (Å²) < 4.78 is 5.27. The maximum Gasteiger partial charge on any atom is 0.122 e. The first-order valence-electron chi connectivity index (χ1n) is 14.2. The molecule has 0 atom stereocenters. The molecule has 0 amide bonds. The molecule has 1 nitrogen and oxygen atoms in total. The molecule has 0 aliphatic rings. The van der Waals surface area contributed by atoms with Gasteiger partial charge >= 0.3 is 0 Å². The molecule has 0 aromatic heterocycles. The van der Waals surface area contributed by atoms with Crippen molar-refractivity contribution in [1.82, 2.24) is 0 Å². The molecule has 0 heterocycles. The highest BCUT2D eigenvalue weighted by atomic mass is 16.5. The van der Waals surface area contributed by atoms with Gasteiger partial charge in [-0.2, -0.15) is 0 Å². The molecule has 0 fully saturated rings. The van der Waals surface area contributed by atoms with Gasteiger partial charge in [0.05, 0.1) is 7.11 Å². The minimum absolute atomic E-state index is 0.159. The van der Waals surface area contributed by atoms with Crippen molar-refractivity contribution in [2.24, 2.45) is 0 Å². The summed E-state index contributed by atoms with van der Waals surface area (Å²) in [5.74, 6) is 2.19. The molecular formula is C37H56O. The van der Waals surface area contributed by atoms with Gasteiger partial charge in [0, 0.05) is 0 Å². The first-order valence-corrected chi connectivity index (χ1v) is 14.2. The van der Waals surface area contributed by atoms with Gasteiger partial charge in [0.1, 0.15) is 5.75 Å². The lowest BCUT2D eigenvalue weighted by Crippen LogP contribution is -2.18. The van der Waals surface area contributed by atoms with Crippen molar-refractivity contribution < 1.29 is 4.74 Å². The molecule has 3 aromatic carbocycles. The number of hydrogen-bond acceptors (Lipinski definition) is 1. The van der Waals surface area contributed by atoms with Crippen LogP contribution in [0, 0.1) is 0 Å². The topological polar surface area (TPSA) is 9.23 Å². The monoisotopic (exact) mass is 516 g/mol. The van der Waals surface area contributed by atoms with Gasteiger partial charge in [0.25, 0.3) is 0 Å². The third kappa shape index (κ3) is 10.3. The molecule has 0 aliphatic carbocycles. The molecule has 0 spiro atoms. The zero-order chi connectivity index (χ0) is 29.3. The highest BCUT2D eigenvalue weighted by Gasteiger charge is 2.23. The summed E-state index contributed by atoms with van der Waals surface area (Å²) >= 11 is 0. The fourth-order valence-electron chi connectivity index (χ4n) is 4.62. The van der Waals surface area contributed by atoms with Crippen LogP contribution in [-0.4, -0.2) is 7.11 Å². The molecular weight excluding hydrogens is 460 g/mol. The largest absolute Gasteiger partial charge is 0.496 e. The van der Waals surface area contributed by atoms with E-state index in [1.807, 2.05) is 18.2 Å². The van der Waals surface area contributed by atoms with Crippen molar-refractivity contribution in [3.63, 3.8) is 0 Å². The second kappa shape index (κ2) is 14.0. The van der Waals surface area contributed by atoms with E-state index in [1.165, 1.54) is 22.3 Å². The highest BCUT2D eigenvalue weighted by molar-refractivity contribution is 5.43. The Morgan fingerprint density at radius 3 is 1.26 bits per heavy atom. The smallest absolute Gasteiger partial charge is 0.122 e. The van der Waals surface area contributed by atoms with E-state index in [0.717, 1.165) is 5.75 Å². The SMILES string of the molecule is CC(C)(C)c1ccccc1.CC(C)c1cccc(C(C)C)c1C(C)(C)C.COc1ccccc1C(C)(C)C. The van der Waals surface area contributed by atoms with Gasteiger partial charge in [-0.25, -0.2) is 0 Å². The van der Waals surface area contributed by atoms with Crippen LogP contribution in [0.4, 0.5) is 0 Å². The minimum atomic E-state index is 0.159. The Kier molecular flexibility index (Phi) is 12.4. The van der Waals surface area contributed by atoms with Crippen LogP contribution in [0.15, 0.2) is 72.8 Å². The average molecular weight is 517 g/mol. The zero-order valence-corrected chi connectivity index (χ0v) is 27.0. The van der Waals surface area contributed by atoms with Crippen molar-refractivity contribution in [3.8, 4) is 5.75 Å². The number of hydrogen-bond donors (Lipinski definition) is 0. The van der Waals surface area contributed by atoms with E-state index in [2.05, 4.69) is 145 Å². The minimum Gasteiger partial charge on any atom is -0.496 e. The quantitative estimate of drug-likeness (QED) is 0.336. The van der Waals surface area contributed by atoms with Gasteiger partial charge in [-0.3, -0.25) is 0 Å². The first-order chi connectivity index (χ1) is 17.4. The predicted octanol–water partition coefficient (Wildman–Crippen LogP) is 11.2. The van der Waals surface area contributed by atoms with Crippen LogP contribution in [0.25, 0.3) is 0 Å². The van der Waals surface area contributed by atoms with Crippen molar-refractivity contribution in [2.75, 3.05) is 7.11 Å². The van der Waals surface area contributed by atoms with Crippen LogP contribution in [0.2, 0.25) is 0 Å². The van der Waals surface area contributed by atoms with Crippen molar-refractivity contribution in [2.45, 2.75) is 118 Å². The third-order valence-corrected chi connectivity index (χ3v) is 6.68. The van der Waals surface area contributed by atoms with Gasteiger partial charge in [-0.1, -0.05) is 157 Å². The van der Waals surface area contributed by atoms with E-state index in [4.69, 9.17) is 4.74 Å². The number of benzene rings is 3. The second-order valence-electron chi connectivity index (χ2n) is 13.9. The molecule has 0 bridgehead atoms. The molecule has 210 valence electrons. The van der Waals surface area contributed by atoms with Crippen LogP contribution < -0.4 is 4.74 Å². The van der Waals surface area contributed by atoms with Crippen molar-refractivity contribution in [3.05, 3.63) is 101 Å². The Balaban J connectivity index is 0.000000294. The van der Waals surface area contributed by atoms with Gasteiger partial charge in [0.15, 0.2) is 0 Å². The summed E-state index contributed by atoms with van der Waals surface area (Å²) in [7, 11) is 1.71. The molecule has 0 saturated heterocycles. The van der Waals surface area contributed by atoms with Crippen LogP contribution in [0.3, 0.4) is 0 Å². The molecule has 1 heteroatoms. The zero-order valence-electron chi connectivity index (χ0n) is 27.0. The number of para-hydroxylation sites is 1. The van der Waals surface area contributed by atoms with E-state index in [1.54, 1.807) is 12.7 Å². The summed E-state index contributed by atoms with van der Waals surface area (Å²) in [4.78, 5) is 0. The maximum absolute atomic E-state index is 5.27. The summed E-state index contributed by atoms with van der Waals surface area (Å²) in [5.41, 5.74) is 7.92. The molecule has 0 unspecified atom stereocenters. The van der Waals surface area contributed by atoms with E-state index in [9.17, 15) is 0 Å². The van der Waals surface area contributed by atoms with E-state index < -0.39 is 0 Å². The maximum atomic E-state index is 5.27. The Morgan fingerprint density at radius 2 is 0.947 bits per heavy atom. The second-order valence-corrected chi connectivity index (χ2v) is 13.9. The molecule has 3 rings (SSSR count). The lowest BCUT2D eigenvalue weighted by Gasteiger charge is -2.29. The Bertz CT molecular complexity index is 1060. The lowest BCUT2D eigenvalue weighted by molar-refractivity contribution is 0.397. The van der Waals surface area contributed by atoms with Gasteiger partial charge < -0.3 is 4.74 Å². The molecule has 3 aromatic rings. The fourth-order valence-corrected chi connectivity index (χ4v) is 4.62. The van der Waals surface area contributed by atoms with E-state index >= 15 is 0 Å². The molecule has 38 heavy (non-hydrogen) atoms. The third-order valence-electron chi connectivity index (χ3n) is 6.68. The van der Waals surface area contributed by atoms with Crippen LogP contribution in [-0.2, 0) is 16.2 Å². The number of methoxy groups -OCH3 is 1. The predicted molar refractivity (Wildman–Crippen MR) is 170 cm³/mol. The summed E-state index contributed by atoms with van der Waals surface area (Å²) in [6.07, 6.45) is 0. The number of ether oxygens (including phenoxy) is 1. The Labute approximate surface area is 236 Å². The van der Waals surface area contributed by atoms with Crippen LogP contribution in [0.1, 0.15) is 130 Å². The van der Waals surface area contributed by atoms with Gasteiger partial charge in [0.2, 0.25) is 0 Å². The van der Waals surface area contributed by atoms with E-state index in [0.29, 0.717) is 17.3 Å². The number of rotatable bonds is 3. The van der Waals surface area contributed by atoms with Crippen LogP contribution >= 0.6 is 0 Å². The van der Waals surface area contributed by atoms with Gasteiger partial charge in [-0.05, 0) is 62.0 Å².